The van der Waals surface area contributed by atoms with E-state index in [1.54, 1.807) is 0 Å². The Morgan fingerprint density at radius 1 is 1.52 bits per heavy atom. The lowest BCUT2D eigenvalue weighted by molar-refractivity contribution is -0.137. The van der Waals surface area contributed by atoms with Crippen LogP contribution in [0.4, 0.5) is 0 Å². The van der Waals surface area contributed by atoms with Crippen LogP contribution in [0.1, 0.15) is 52.9 Å². The number of aliphatic hydroxyl groups excluding tert-OH is 1. The first-order chi connectivity index (χ1) is 10.7. The molecule has 0 aliphatic heterocycles. The van der Waals surface area contributed by atoms with Gasteiger partial charge in [-0.1, -0.05) is 30.7 Å². The van der Waals surface area contributed by atoms with Crippen LogP contribution < -0.4 is 0 Å². The molecule has 0 heterocycles. The number of allylic oxidation sites excluding steroid dienone is 4. The van der Waals surface area contributed by atoms with E-state index >= 15 is 0 Å². The molecule has 0 aromatic rings. The van der Waals surface area contributed by atoms with Gasteiger partial charge in [0.2, 0.25) is 0 Å². The van der Waals surface area contributed by atoms with E-state index in [1.165, 1.54) is 30.2 Å². The van der Waals surface area contributed by atoms with E-state index in [9.17, 15) is 9.90 Å². The van der Waals surface area contributed by atoms with Crippen molar-refractivity contribution in [2.45, 2.75) is 58.5 Å². The summed E-state index contributed by atoms with van der Waals surface area (Å²) in [6.07, 6.45) is 10.1. The third-order valence-electron chi connectivity index (χ3n) is 5.76. The zero-order chi connectivity index (χ0) is 17.3. The number of fused-ring (bicyclic) bond motifs is 1. The molecule has 1 saturated carbocycles. The number of carbonyl (C=O) groups is 1. The summed E-state index contributed by atoms with van der Waals surface area (Å²) in [7, 11) is 0. The van der Waals surface area contributed by atoms with E-state index in [0.717, 1.165) is 32.1 Å². The van der Waals surface area contributed by atoms with Crippen molar-refractivity contribution in [3.8, 4) is 0 Å². The van der Waals surface area contributed by atoms with E-state index < -0.39 is 5.60 Å². The van der Waals surface area contributed by atoms with Crippen LogP contribution in [0.2, 0.25) is 0 Å². The maximum absolute atomic E-state index is 12.7. The first-order valence-electron chi connectivity index (χ1n) is 8.60. The number of ketones is 1. The molecule has 23 heavy (non-hydrogen) atoms. The standard InChI is InChI=1S/C20H30O3/c1-14-6-5-7-15(2)16-12-20(4,17(16)9-8-14)18(22)10-11-19(3,23)13-21/h6,10-11,16-17,21,23H,2,5,7-9,12-13H2,1,3-4H3/b11-10+,14-6+/t16-,17-,19?,20-/m0/s1. The van der Waals surface area contributed by atoms with Crippen LogP contribution in [-0.2, 0) is 4.79 Å². The number of aliphatic hydroxyl groups is 2. The highest BCUT2D eigenvalue weighted by Crippen LogP contribution is 2.57. The Kier molecular flexibility index (Phi) is 5.32. The molecule has 2 aliphatic rings. The smallest absolute Gasteiger partial charge is 0.161 e. The molecule has 0 amide bonds. The SMILES string of the molecule is C=C1CC/C=C(\C)CC[C@H]2[C@H]1C[C@]2(C)C(=O)/C=C/C(C)(O)CO. The second-order valence-corrected chi connectivity index (χ2v) is 7.83. The monoisotopic (exact) mass is 318 g/mol. The number of hydrogen-bond acceptors (Lipinski definition) is 3. The second kappa shape index (κ2) is 6.74. The molecule has 0 spiro atoms. The van der Waals surface area contributed by atoms with E-state index in [1.807, 2.05) is 6.92 Å². The molecule has 2 aliphatic carbocycles. The summed E-state index contributed by atoms with van der Waals surface area (Å²) in [6, 6.07) is 0. The van der Waals surface area contributed by atoms with Crippen molar-refractivity contribution in [3.63, 3.8) is 0 Å². The lowest BCUT2D eigenvalue weighted by Gasteiger charge is -2.53. The first kappa shape index (κ1) is 18.2. The molecule has 1 unspecified atom stereocenters. The Balaban J connectivity index is 2.15. The molecule has 4 atom stereocenters. The predicted molar refractivity (Wildman–Crippen MR) is 92.9 cm³/mol. The third-order valence-corrected chi connectivity index (χ3v) is 5.76. The van der Waals surface area contributed by atoms with Gasteiger partial charge in [0.25, 0.3) is 0 Å². The fourth-order valence-electron chi connectivity index (χ4n) is 3.94. The van der Waals surface area contributed by atoms with Crippen molar-refractivity contribution in [2.24, 2.45) is 17.3 Å². The Hall–Kier alpha value is -1.19. The van der Waals surface area contributed by atoms with Crippen molar-refractivity contribution < 1.29 is 15.0 Å². The molecular formula is C20H30O3. The zero-order valence-corrected chi connectivity index (χ0v) is 14.6. The van der Waals surface area contributed by atoms with Gasteiger partial charge in [0, 0.05) is 5.41 Å². The normalized spacial score (nSPS) is 36.7. The highest BCUT2D eigenvalue weighted by atomic mass is 16.3. The summed E-state index contributed by atoms with van der Waals surface area (Å²) in [5.74, 6) is 0.823. The molecule has 3 heteroatoms. The molecule has 2 rings (SSSR count). The van der Waals surface area contributed by atoms with Crippen LogP contribution in [0.3, 0.4) is 0 Å². The van der Waals surface area contributed by atoms with Crippen molar-refractivity contribution in [1.82, 2.24) is 0 Å². The summed E-state index contributed by atoms with van der Waals surface area (Å²) in [5.41, 5.74) is 0.966. The van der Waals surface area contributed by atoms with E-state index in [0.29, 0.717) is 11.8 Å². The molecule has 3 nitrogen and oxygen atoms in total. The average Bonchev–Trinajstić information content (AvgIpc) is 2.54. The number of hydrogen-bond donors (Lipinski definition) is 2. The maximum atomic E-state index is 12.7. The van der Waals surface area contributed by atoms with Gasteiger partial charge in [-0.25, -0.2) is 0 Å². The van der Waals surface area contributed by atoms with Crippen LogP contribution in [0.25, 0.3) is 0 Å². The summed E-state index contributed by atoms with van der Waals surface area (Å²) in [5, 5.41) is 18.9. The molecule has 0 saturated heterocycles. The Bertz CT molecular complexity index is 541. The summed E-state index contributed by atoms with van der Waals surface area (Å²) in [4.78, 5) is 12.7. The van der Waals surface area contributed by atoms with Crippen molar-refractivity contribution >= 4 is 5.78 Å². The molecular weight excluding hydrogens is 288 g/mol. The fourth-order valence-corrected chi connectivity index (χ4v) is 3.94. The Morgan fingerprint density at radius 3 is 2.87 bits per heavy atom. The van der Waals surface area contributed by atoms with Crippen molar-refractivity contribution in [2.75, 3.05) is 6.61 Å². The van der Waals surface area contributed by atoms with Gasteiger partial charge < -0.3 is 10.2 Å². The number of rotatable bonds is 4. The van der Waals surface area contributed by atoms with E-state index in [4.69, 9.17) is 5.11 Å². The second-order valence-electron chi connectivity index (χ2n) is 7.83. The van der Waals surface area contributed by atoms with Crippen LogP contribution in [0.5, 0.6) is 0 Å². The van der Waals surface area contributed by atoms with Gasteiger partial charge in [-0.3, -0.25) is 4.79 Å². The predicted octanol–water partition coefficient (Wildman–Crippen LogP) is 3.57. The quantitative estimate of drug-likeness (QED) is 0.615. The topological polar surface area (TPSA) is 57.5 Å². The number of carbonyl (C=O) groups excluding carboxylic acids is 1. The lowest BCUT2D eigenvalue weighted by Crippen LogP contribution is -2.51. The van der Waals surface area contributed by atoms with Crippen LogP contribution >= 0.6 is 0 Å². The highest BCUT2D eigenvalue weighted by Gasteiger charge is 2.54. The summed E-state index contributed by atoms with van der Waals surface area (Å²) in [6.45, 7) is 9.57. The van der Waals surface area contributed by atoms with Crippen LogP contribution in [-0.4, -0.2) is 28.2 Å². The van der Waals surface area contributed by atoms with Crippen LogP contribution in [0, 0.1) is 17.3 Å². The minimum absolute atomic E-state index is 0.0566. The Labute approximate surface area is 139 Å². The molecule has 0 radical (unpaired) electrons. The molecule has 1 fully saturated rings. The summed E-state index contributed by atoms with van der Waals surface area (Å²) >= 11 is 0. The van der Waals surface area contributed by atoms with E-state index in [-0.39, 0.29) is 17.8 Å². The average molecular weight is 318 g/mol. The molecule has 2 N–H and O–H groups in total. The minimum atomic E-state index is -1.34. The van der Waals surface area contributed by atoms with Crippen LogP contribution in [0.15, 0.2) is 36.0 Å². The third kappa shape index (κ3) is 3.84. The minimum Gasteiger partial charge on any atom is -0.393 e. The lowest BCUT2D eigenvalue weighted by atomic mass is 9.49. The van der Waals surface area contributed by atoms with Gasteiger partial charge in [0.1, 0.15) is 5.60 Å². The highest BCUT2D eigenvalue weighted by molar-refractivity contribution is 5.95. The Morgan fingerprint density at radius 2 is 2.22 bits per heavy atom. The van der Waals surface area contributed by atoms with Crippen molar-refractivity contribution in [3.05, 3.63) is 36.0 Å². The summed E-state index contributed by atoms with van der Waals surface area (Å²) < 4.78 is 0. The molecule has 0 aromatic heterocycles. The van der Waals surface area contributed by atoms with E-state index in [2.05, 4.69) is 19.6 Å². The molecule has 0 bridgehead atoms. The van der Waals surface area contributed by atoms with Gasteiger partial charge in [0.05, 0.1) is 6.61 Å². The maximum Gasteiger partial charge on any atom is 0.161 e. The first-order valence-corrected chi connectivity index (χ1v) is 8.60. The molecule has 128 valence electrons. The largest absolute Gasteiger partial charge is 0.393 e. The molecule has 0 aromatic carbocycles. The zero-order valence-electron chi connectivity index (χ0n) is 14.6. The van der Waals surface area contributed by atoms with Crippen molar-refractivity contribution in [1.29, 1.82) is 0 Å². The van der Waals surface area contributed by atoms with Gasteiger partial charge in [-0.2, -0.15) is 0 Å². The fraction of sp³-hybridized carbons (Fsp3) is 0.650. The van der Waals surface area contributed by atoms with Gasteiger partial charge in [0.15, 0.2) is 5.78 Å². The van der Waals surface area contributed by atoms with Gasteiger partial charge >= 0.3 is 0 Å². The van der Waals surface area contributed by atoms with Gasteiger partial charge in [-0.15, -0.1) is 0 Å². The van der Waals surface area contributed by atoms with Gasteiger partial charge in [-0.05, 0) is 69.9 Å².